The second-order valence-electron chi connectivity index (χ2n) is 3.35. The fourth-order valence-corrected chi connectivity index (χ4v) is 3.12. The van der Waals surface area contributed by atoms with Crippen molar-refractivity contribution in [3.8, 4) is 0 Å². The number of carbonyl (C=O) groups is 2. The zero-order valence-corrected chi connectivity index (χ0v) is 10.4. The predicted octanol–water partition coefficient (Wildman–Crippen LogP) is 1.99. The van der Waals surface area contributed by atoms with Crippen LogP contribution in [0.5, 0.6) is 0 Å². The number of alkyl halides is 1. The summed E-state index contributed by atoms with van der Waals surface area (Å²) >= 11 is 4.58. The lowest BCUT2D eigenvalue weighted by atomic mass is 10.0. The average Bonchev–Trinajstić information content (AvgIpc) is 2.54. The highest BCUT2D eigenvalue weighted by Crippen LogP contribution is 2.32. The van der Waals surface area contributed by atoms with Gasteiger partial charge in [-0.3, -0.25) is 9.59 Å². The molecule has 1 aromatic heterocycles. The van der Waals surface area contributed by atoms with Crippen molar-refractivity contribution in [2.24, 2.45) is 0 Å². The molecular weight excluding hydrogens is 280 g/mol. The van der Waals surface area contributed by atoms with E-state index in [1.807, 2.05) is 0 Å². The predicted molar refractivity (Wildman–Crippen MR) is 61.8 cm³/mol. The molecule has 0 fully saturated rings. The maximum atomic E-state index is 11.7. The van der Waals surface area contributed by atoms with E-state index in [4.69, 9.17) is 0 Å². The van der Waals surface area contributed by atoms with Crippen molar-refractivity contribution in [1.29, 1.82) is 0 Å². The molecule has 0 radical (unpaired) electrons. The molecule has 0 saturated carbocycles. The van der Waals surface area contributed by atoms with Crippen LogP contribution in [0.1, 0.15) is 28.7 Å². The third kappa shape index (κ3) is 2.10. The highest BCUT2D eigenvalue weighted by atomic mass is 79.9. The minimum Gasteiger partial charge on any atom is -0.302 e. The molecule has 0 aromatic carbocycles. The lowest BCUT2D eigenvalue weighted by molar-refractivity contribution is -0.114. The van der Waals surface area contributed by atoms with Crippen LogP contribution in [0.3, 0.4) is 0 Å². The van der Waals surface area contributed by atoms with Crippen LogP contribution in [0.4, 0.5) is 5.13 Å². The van der Waals surface area contributed by atoms with Gasteiger partial charge in [-0.2, -0.15) is 0 Å². The maximum Gasteiger partial charge on any atom is 0.223 e. The summed E-state index contributed by atoms with van der Waals surface area (Å²) in [6, 6.07) is 0. The number of fused-ring (bicyclic) bond motifs is 1. The molecule has 15 heavy (non-hydrogen) atoms. The number of Topliss-reactive ketones (excluding diaryl/α,β-unsaturated/α-hetero) is 1. The monoisotopic (exact) mass is 288 g/mol. The molecule has 2 rings (SSSR count). The van der Waals surface area contributed by atoms with Crippen molar-refractivity contribution in [2.45, 2.75) is 24.6 Å². The topological polar surface area (TPSA) is 59.1 Å². The fraction of sp³-hybridized carbons (Fsp3) is 0.444. The van der Waals surface area contributed by atoms with E-state index in [1.54, 1.807) is 0 Å². The van der Waals surface area contributed by atoms with Crippen LogP contribution >= 0.6 is 27.3 Å². The standard InChI is InChI=1S/C9H9BrN2O2S/c1-4(13)11-9-12-6-3-2-5(10)7(14)8(6)15-9/h5H,2-3H2,1H3,(H,11,12,13). The second-order valence-corrected chi connectivity index (χ2v) is 5.45. The van der Waals surface area contributed by atoms with Crippen LogP contribution in [-0.2, 0) is 11.2 Å². The van der Waals surface area contributed by atoms with E-state index < -0.39 is 0 Å². The Kier molecular flexibility index (Phi) is 2.88. The first-order valence-electron chi connectivity index (χ1n) is 4.53. The highest BCUT2D eigenvalue weighted by molar-refractivity contribution is 9.10. The number of hydrogen-bond donors (Lipinski definition) is 1. The van der Waals surface area contributed by atoms with Gasteiger partial charge in [0, 0.05) is 6.92 Å². The molecule has 1 atom stereocenters. The van der Waals surface area contributed by atoms with Gasteiger partial charge < -0.3 is 5.32 Å². The number of aromatic nitrogens is 1. The SMILES string of the molecule is CC(=O)Nc1nc2c(s1)C(=O)C(Br)CC2. The van der Waals surface area contributed by atoms with Gasteiger partial charge in [0.2, 0.25) is 5.91 Å². The van der Waals surface area contributed by atoms with Gasteiger partial charge in [0.15, 0.2) is 10.9 Å². The van der Waals surface area contributed by atoms with Crippen LogP contribution in [0, 0.1) is 0 Å². The largest absolute Gasteiger partial charge is 0.302 e. The molecule has 1 aliphatic rings. The van der Waals surface area contributed by atoms with Crippen LogP contribution in [0.15, 0.2) is 0 Å². The van der Waals surface area contributed by atoms with E-state index in [0.717, 1.165) is 18.5 Å². The molecule has 1 unspecified atom stereocenters. The fourth-order valence-electron chi connectivity index (χ4n) is 1.45. The van der Waals surface area contributed by atoms with Gasteiger partial charge in [0.05, 0.1) is 15.4 Å². The minimum atomic E-state index is -0.163. The number of amides is 1. The molecule has 0 spiro atoms. The van der Waals surface area contributed by atoms with Gasteiger partial charge in [0.25, 0.3) is 0 Å². The molecule has 0 aliphatic heterocycles. The normalized spacial score (nSPS) is 19.9. The third-order valence-corrected chi connectivity index (χ3v) is 4.02. The summed E-state index contributed by atoms with van der Waals surface area (Å²) in [7, 11) is 0. The van der Waals surface area contributed by atoms with Crippen molar-refractivity contribution in [3.05, 3.63) is 10.6 Å². The van der Waals surface area contributed by atoms with Gasteiger partial charge in [-0.25, -0.2) is 4.98 Å². The molecule has 1 amide bonds. The summed E-state index contributed by atoms with van der Waals surface area (Å²) in [5.41, 5.74) is 0.810. The molecule has 1 N–H and O–H groups in total. The molecule has 1 aliphatic carbocycles. The average molecular weight is 289 g/mol. The number of nitrogens with zero attached hydrogens (tertiary/aromatic N) is 1. The lowest BCUT2D eigenvalue weighted by Gasteiger charge is -2.12. The number of halogens is 1. The Hall–Kier alpha value is -0.750. The van der Waals surface area contributed by atoms with E-state index in [-0.39, 0.29) is 16.5 Å². The van der Waals surface area contributed by atoms with Gasteiger partial charge in [0.1, 0.15) is 0 Å². The molecule has 80 valence electrons. The molecule has 4 nitrogen and oxygen atoms in total. The second kappa shape index (κ2) is 4.02. The molecule has 1 aromatic rings. The Morgan fingerprint density at radius 2 is 2.40 bits per heavy atom. The van der Waals surface area contributed by atoms with E-state index in [1.165, 1.54) is 18.3 Å². The summed E-state index contributed by atoms with van der Waals surface area (Å²) in [6.45, 7) is 1.43. The summed E-state index contributed by atoms with van der Waals surface area (Å²) in [6.07, 6.45) is 1.56. The Morgan fingerprint density at radius 1 is 1.67 bits per heavy atom. The summed E-state index contributed by atoms with van der Waals surface area (Å²) < 4.78 is 0. The van der Waals surface area contributed by atoms with E-state index >= 15 is 0 Å². The van der Waals surface area contributed by atoms with Crippen molar-refractivity contribution < 1.29 is 9.59 Å². The molecular formula is C9H9BrN2O2S. The number of hydrogen-bond acceptors (Lipinski definition) is 4. The van der Waals surface area contributed by atoms with Gasteiger partial charge >= 0.3 is 0 Å². The summed E-state index contributed by atoms with van der Waals surface area (Å²) in [4.78, 5) is 27.4. The third-order valence-electron chi connectivity index (χ3n) is 2.12. The smallest absolute Gasteiger partial charge is 0.223 e. The minimum absolute atomic E-state index is 0.0744. The number of aryl methyl sites for hydroxylation is 1. The van der Waals surface area contributed by atoms with E-state index in [0.29, 0.717) is 10.0 Å². The lowest BCUT2D eigenvalue weighted by Crippen LogP contribution is -2.20. The molecule has 6 heteroatoms. The van der Waals surface area contributed by atoms with E-state index in [2.05, 4.69) is 26.2 Å². The molecule has 1 heterocycles. The summed E-state index contributed by atoms with van der Waals surface area (Å²) in [5.74, 6) is -0.0886. The number of carbonyl (C=O) groups excluding carboxylic acids is 2. The zero-order valence-electron chi connectivity index (χ0n) is 8.04. The van der Waals surface area contributed by atoms with Crippen LogP contribution in [0.25, 0.3) is 0 Å². The first-order valence-corrected chi connectivity index (χ1v) is 6.26. The first-order chi connectivity index (χ1) is 7.08. The Balaban J connectivity index is 2.31. The maximum absolute atomic E-state index is 11.7. The number of anilines is 1. The Labute approximate surface area is 99.2 Å². The first kappa shape index (κ1) is 10.8. The number of ketones is 1. The molecule has 0 saturated heterocycles. The van der Waals surface area contributed by atoms with Crippen molar-refractivity contribution in [1.82, 2.24) is 4.98 Å². The van der Waals surface area contributed by atoms with Crippen molar-refractivity contribution in [3.63, 3.8) is 0 Å². The highest BCUT2D eigenvalue weighted by Gasteiger charge is 2.29. The summed E-state index contributed by atoms with van der Waals surface area (Å²) in [5, 5.41) is 3.11. The zero-order chi connectivity index (χ0) is 11.0. The van der Waals surface area contributed by atoms with E-state index in [9.17, 15) is 9.59 Å². The number of thiazole rings is 1. The Bertz CT molecular complexity index is 430. The molecule has 0 bridgehead atoms. The quantitative estimate of drug-likeness (QED) is 0.804. The van der Waals surface area contributed by atoms with Crippen LogP contribution in [-0.4, -0.2) is 21.5 Å². The number of rotatable bonds is 1. The van der Waals surface area contributed by atoms with Crippen LogP contribution in [0.2, 0.25) is 0 Å². The van der Waals surface area contributed by atoms with Crippen molar-refractivity contribution in [2.75, 3.05) is 5.32 Å². The van der Waals surface area contributed by atoms with Gasteiger partial charge in [-0.1, -0.05) is 27.3 Å². The van der Waals surface area contributed by atoms with Crippen LogP contribution < -0.4 is 5.32 Å². The Morgan fingerprint density at radius 3 is 3.07 bits per heavy atom. The van der Waals surface area contributed by atoms with Gasteiger partial charge in [-0.05, 0) is 12.8 Å². The van der Waals surface area contributed by atoms with Gasteiger partial charge in [-0.15, -0.1) is 0 Å². The number of nitrogens with one attached hydrogen (secondary N) is 1. The van der Waals surface area contributed by atoms with Crippen molar-refractivity contribution >= 4 is 44.1 Å².